The lowest BCUT2D eigenvalue weighted by Gasteiger charge is -2.51. The van der Waals surface area contributed by atoms with E-state index in [1.807, 2.05) is 0 Å². The smallest absolute Gasteiger partial charge is 0.0621 e. The largest absolute Gasteiger partial charge is 0.392 e. The van der Waals surface area contributed by atoms with Gasteiger partial charge in [0.15, 0.2) is 0 Å². The molecular weight excluding hydrogens is 188 g/mol. The highest BCUT2D eigenvalue weighted by molar-refractivity contribution is 5.02. The minimum absolute atomic E-state index is 0.0728. The van der Waals surface area contributed by atoms with Crippen LogP contribution in [0.5, 0.6) is 0 Å². The molecule has 1 heterocycles. The van der Waals surface area contributed by atoms with Crippen LogP contribution in [0.15, 0.2) is 0 Å². The third-order valence-electron chi connectivity index (χ3n) is 4.37. The van der Waals surface area contributed by atoms with Crippen molar-refractivity contribution in [2.24, 2.45) is 5.41 Å². The zero-order chi connectivity index (χ0) is 11.1. The Morgan fingerprint density at radius 1 is 1.27 bits per heavy atom. The third kappa shape index (κ3) is 2.19. The lowest BCUT2D eigenvalue weighted by atomic mass is 9.64. The van der Waals surface area contributed by atoms with Gasteiger partial charge in [-0.25, -0.2) is 0 Å². The topological polar surface area (TPSA) is 35.5 Å². The van der Waals surface area contributed by atoms with Crippen LogP contribution in [-0.4, -0.2) is 48.3 Å². The van der Waals surface area contributed by atoms with Gasteiger partial charge in [-0.1, -0.05) is 13.8 Å². The average Bonchev–Trinajstić information content (AvgIpc) is 2.21. The first-order valence-electron chi connectivity index (χ1n) is 6.13. The summed E-state index contributed by atoms with van der Waals surface area (Å²) in [5.41, 5.74) is 0.0728. The minimum Gasteiger partial charge on any atom is -0.392 e. The van der Waals surface area contributed by atoms with E-state index in [9.17, 15) is 5.11 Å². The summed E-state index contributed by atoms with van der Waals surface area (Å²) in [7, 11) is 2.19. The molecule has 88 valence electrons. The van der Waals surface area contributed by atoms with Crippen molar-refractivity contribution in [1.29, 1.82) is 0 Å². The van der Waals surface area contributed by atoms with Gasteiger partial charge in [-0.2, -0.15) is 0 Å². The van der Waals surface area contributed by atoms with Gasteiger partial charge in [0.2, 0.25) is 0 Å². The van der Waals surface area contributed by atoms with Gasteiger partial charge in [-0.05, 0) is 39.4 Å². The Bertz CT molecular complexity index is 222. The van der Waals surface area contributed by atoms with Gasteiger partial charge in [0.1, 0.15) is 0 Å². The number of aliphatic hydroxyl groups is 1. The van der Waals surface area contributed by atoms with Crippen molar-refractivity contribution in [3.05, 3.63) is 0 Å². The number of hydrogen-bond acceptors (Lipinski definition) is 3. The summed E-state index contributed by atoms with van der Waals surface area (Å²) in [5.74, 6) is 0. The molecule has 0 spiro atoms. The predicted octanol–water partition coefficient (Wildman–Crippen LogP) is 0.830. The first kappa shape index (κ1) is 11.4. The highest BCUT2D eigenvalue weighted by atomic mass is 16.3. The summed E-state index contributed by atoms with van der Waals surface area (Å²) in [6.45, 7) is 6.72. The number of nitrogens with zero attached hydrogens (tertiary/aromatic N) is 1. The monoisotopic (exact) mass is 212 g/mol. The van der Waals surface area contributed by atoms with E-state index >= 15 is 0 Å². The van der Waals surface area contributed by atoms with Crippen molar-refractivity contribution in [3.8, 4) is 0 Å². The maximum absolute atomic E-state index is 9.67. The molecule has 1 saturated heterocycles. The van der Waals surface area contributed by atoms with Crippen molar-refractivity contribution in [1.82, 2.24) is 10.2 Å². The number of nitrogens with one attached hydrogen (secondary N) is 1. The molecule has 2 N–H and O–H groups in total. The molecular formula is C12H24N2O. The fourth-order valence-electron chi connectivity index (χ4n) is 2.65. The Balaban J connectivity index is 1.79. The number of hydrogen-bond donors (Lipinski definition) is 2. The molecule has 2 unspecified atom stereocenters. The third-order valence-corrected chi connectivity index (χ3v) is 4.37. The van der Waals surface area contributed by atoms with Crippen LogP contribution in [-0.2, 0) is 0 Å². The quantitative estimate of drug-likeness (QED) is 0.712. The van der Waals surface area contributed by atoms with Crippen LogP contribution in [0.4, 0.5) is 0 Å². The van der Waals surface area contributed by atoms with Crippen LogP contribution in [0, 0.1) is 5.41 Å². The zero-order valence-electron chi connectivity index (χ0n) is 10.2. The van der Waals surface area contributed by atoms with Gasteiger partial charge in [0.25, 0.3) is 0 Å². The van der Waals surface area contributed by atoms with Crippen LogP contribution < -0.4 is 5.32 Å². The molecule has 1 aliphatic heterocycles. The van der Waals surface area contributed by atoms with Crippen molar-refractivity contribution >= 4 is 0 Å². The summed E-state index contributed by atoms with van der Waals surface area (Å²) in [6, 6.07) is 1.18. The van der Waals surface area contributed by atoms with E-state index in [0.29, 0.717) is 12.1 Å². The Hall–Kier alpha value is -0.120. The summed E-state index contributed by atoms with van der Waals surface area (Å²) in [4.78, 5) is 2.39. The molecule has 1 saturated carbocycles. The van der Waals surface area contributed by atoms with Gasteiger partial charge in [-0.3, -0.25) is 0 Å². The highest BCUT2D eigenvalue weighted by Gasteiger charge is 2.47. The molecule has 3 nitrogen and oxygen atoms in total. The Kier molecular flexibility index (Phi) is 3.06. The maximum atomic E-state index is 9.67. The molecule has 1 aliphatic carbocycles. The van der Waals surface area contributed by atoms with Gasteiger partial charge in [-0.15, -0.1) is 0 Å². The molecule has 0 aromatic rings. The van der Waals surface area contributed by atoms with E-state index in [1.165, 1.54) is 25.9 Å². The second-order valence-electron chi connectivity index (χ2n) is 5.87. The van der Waals surface area contributed by atoms with E-state index in [-0.39, 0.29) is 11.5 Å². The fraction of sp³-hybridized carbons (Fsp3) is 1.00. The van der Waals surface area contributed by atoms with E-state index in [2.05, 4.69) is 31.1 Å². The van der Waals surface area contributed by atoms with Crippen LogP contribution in [0.3, 0.4) is 0 Å². The number of rotatable bonds is 2. The molecule has 2 atom stereocenters. The Morgan fingerprint density at radius 2 is 1.87 bits per heavy atom. The molecule has 2 aliphatic rings. The second kappa shape index (κ2) is 4.04. The van der Waals surface area contributed by atoms with Gasteiger partial charge in [0.05, 0.1) is 6.10 Å². The van der Waals surface area contributed by atoms with Gasteiger partial charge < -0.3 is 15.3 Å². The zero-order valence-corrected chi connectivity index (χ0v) is 10.2. The SMILES string of the molecule is CN1CCC(NC2CC(O)C2(C)C)CC1. The highest BCUT2D eigenvalue weighted by Crippen LogP contribution is 2.40. The first-order chi connectivity index (χ1) is 7.00. The normalized spacial score (nSPS) is 37.6. The summed E-state index contributed by atoms with van der Waals surface area (Å²) in [6.07, 6.45) is 3.32. The van der Waals surface area contributed by atoms with Crippen molar-refractivity contribution in [2.75, 3.05) is 20.1 Å². The standard InChI is InChI=1S/C12H24N2O/c1-12(2)10(8-11(12)15)13-9-4-6-14(3)7-5-9/h9-11,13,15H,4-8H2,1-3H3. The minimum atomic E-state index is -0.110. The van der Waals surface area contributed by atoms with E-state index in [1.54, 1.807) is 0 Å². The van der Waals surface area contributed by atoms with E-state index in [4.69, 9.17) is 0 Å². The van der Waals surface area contributed by atoms with E-state index < -0.39 is 0 Å². The lowest BCUT2D eigenvalue weighted by molar-refractivity contribution is -0.0775. The van der Waals surface area contributed by atoms with Crippen molar-refractivity contribution in [2.45, 2.75) is 51.3 Å². The Morgan fingerprint density at radius 3 is 2.33 bits per heavy atom. The average molecular weight is 212 g/mol. The van der Waals surface area contributed by atoms with Crippen molar-refractivity contribution < 1.29 is 5.11 Å². The fourth-order valence-corrected chi connectivity index (χ4v) is 2.65. The summed E-state index contributed by atoms with van der Waals surface area (Å²) in [5, 5.41) is 13.4. The van der Waals surface area contributed by atoms with E-state index in [0.717, 1.165) is 6.42 Å². The predicted molar refractivity (Wildman–Crippen MR) is 61.8 cm³/mol. The molecule has 0 aromatic carbocycles. The van der Waals surface area contributed by atoms with Crippen LogP contribution in [0.2, 0.25) is 0 Å². The van der Waals surface area contributed by atoms with Crippen LogP contribution in [0.25, 0.3) is 0 Å². The molecule has 15 heavy (non-hydrogen) atoms. The van der Waals surface area contributed by atoms with Gasteiger partial charge in [0, 0.05) is 17.5 Å². The number of aliphatic hydroxyl groups excluding tert-OH is 1. The summed E-state index contributed by atoms with van der Waals surface area (Å²) >= 11 is 0. The lowest BCUT2D eigenvalue weighted by Crippen LogP contribution is -2.62. The van der Waals surface area contributed by atoms with Gasteiger partial charge >= 0.3 is 0 Å². The first-order valence-corrected chi connectivity index (χ1v) is 6.13. The molecule has 0 aromatic heterocycles. The molecule has 0 radical (unpaired) electrons. The number of likely N-dealkylation sites (tertiary alicyclic amines) is 1. The Labute approximate surface area is 92.8 Å². The molecule has 3 heteroatoms. The molecule has 0 bridgehead atoms. The van der Waals surface area contributed by atoms with Crippen LogP contribution >= 0.6 is 0 Å². The number of piperidine rings is 1. The summed E-state index contributed by atoms with van der Waals surface area (Å²) < 4.78 is 0. The maximum Gasteiger partial charge on any atom is 0.0621 e. The molecule has 2 rings (SSSR count). The van der Waals surface area contributed by atoms with Crippen LogP contribution in [0.1, 0.15) is 33.1 Å². The second-order valence-corrected chi connectivity index (χ2v) is 5.87. The van der Waals surface area contributed by atoms with Crippen molar-refractivity contribution in [3.63, 3.8) is 0 Å². The molecule has 2 fully saturated rings. The molecule has 0 amide bonds.